The predicted molar refractivity (Wildman–Crippen MR) is 78.3 cm³/mol. The van der Waals surface area contributed by atoms with Gasteiger partial charge in [0.25, 0.3) is 5.89 Å². The minimum Gasteiger partial charge on any atom is -0.334 e. The fourth-order valence-corrected chi connectivity index (χ4v) is 1.92. The molecule has 1 aromatic carbocycles. The van der Waals surface area contributed by atoms with Gasteiger partial charge in [-0.3, -0.25) is 0 Å². The van der Waals surface area contributed by atoms with Crippen molar-refractivity contribution in [2.75, 3.05) is 6.54 Å². The minimum absolute atomic E-state index is 0.385. The van der Waals surface area contributed by atoms with Crippen molar-refractivity contribution >= 4 is 0 Å². The molecule has 2 heterocycles. The lowest BCUT2D eigenvalue weighted by molar-refractivity contribution is 0.432. The average molecular weight is 281 g/mol. The average Bonchev–Trinajstić information content (AvgIpc) is 2.99. The van der Waals surface area contributed by atoms with E-state index in [9.17, 15) is 0 Å². The maximum atomic E-state index is 5.53. The summed E-state index contributed by atoms with van der Waals surface area (Å²) in [6.07, 6.45) is 4.30. The van der Waals surface area contributed by atoms with Gasteiger partial charge in [-0.25, -0.2) is 9.97 Å². The van der Waals surface area contributed by atoms with Crippen molar-refractivity contribution in [2.45, 2.75) is 13.3 Å². The first-order valence-corrected chi connectivity index (χ1v) is 6.68. The first kappa shape index (κ1) is 13.4. The van der Waals surface area contributed by atoms with Gasteiger partial charge in [0.15, 0.2) is 0 Å². The summed E-state index contributed by atoms with van der Waals surface area (Å²) in [6, 6.07) is 7.90. The number of hydrogen-bond donors (Lipinski definition) is 1. The third kappa shape index (κ3) is 2.95. The Bertz CT molecular complexity index is 719. The summed E-state index contributed by atoms with van der Waals surface area (Å²) in [5.74, 6) is 1.29. The fourth-order valence-electron chi connectivity index (χ4n) is 1.92. The standard InChI is InChI=1S/C15H15N5O/c1-10-8-17-13(18-9-10)14-19-15(21-20-14)12-4-2-11(3-5-12)6-7-16/h2-5,8-9H,6-7,16H2,1H3. The largest absolute Gasteiger partial charge is 0.334 e. The van der Waals surface area contributed by atoms with Crippen LogP contribution in [0.5, 0.6) is 0 Å². The molecule has 0 radical (unpaired) electrons. The highest BCUT2D eigenvalue weighted by Crippen LogP contribution is 2.20. The van der Waals surface area contributed by atoms with E-state index < -0.39 is 0 Å². The molecule has 0 bridgehead atoms. The molecule has 106 valence electrons. The van der Waals surface area contributed by atoms with Crippen molar-refractivity contribution < 1.29 is 4.52 Å². The normalized spacial score (nSPS) is 10.8. The van der Waals surface area contributed by atoms with Gasteiger partial charge < -0.3 is 10.3 Å². The van der Waals surface area contributed by atoms with Crippen LogP contribution in [-0.4, -0.2) is 26.7 Å². The summed E-state index contributed by atoms with van der Waals surface area (Å²) < 4.78 is 5.27. The Morgan fingerprint density at radius 3 is 2.43 bits per heavy atom. The molecule has 0 aliphatic heterocycles. The molecular formula is C15H15N5O. The number of aryl methyl sites for hydroxylation is 1. The molecule has 0 fully saturated rings. The predicted octanol–water partition coefficient (Wildman–Crippen LogP) is 2.00. The van der Waals surface area contributed by atoms with Gasteiger partial charge in [0.1, 0.15) is 0 Å². The topological polar surface area (TPSA) is 90.7 Å². The monoisotopic (exact) mass is 281 g/mol. The Morgan fingerprint density at radius 2 is 1.76 bits per heavy atom. The molecule has 0 saturated carbocycles. The number of nitrogens with two attached hydrogens (primary N) is 1. The molecular weight excluding hydrogens is 266 g/mol. The van der Waals surface area contributed by atoms with Gasteiger partial charge in [0.05, 0.1) is 0 Å². The van der Waals surface area contributed by atoms with Gasteiger partial charge in [0.2, 0.25) is 11.6 Å². The van der Waals surface area contributed by atoms with Crippen molar-refractivity contribution in [3.05, 3.63) is 47.8 Å². The van der Waals surface area contributed by atoms with Crippen molar-refractivity contribution in [3.63, 3.8) is 0 Å². The summed E-state index contributed by atoms with van der Waals surface area (Å²) in [7, 11) is 0. The van der Waals surface area contributed by atoms with Gasteiger partial charge in [0, 0.05) is 18.0 Å². The van der Waals surface area contributed by atoms with Crippen LogP contribution in [0.2, 0.25) is 0 Å². The molecule has 0 aliphatic rings. The Morgan fingerprint density at radius 1 is 1.05 bits per heavy atom. The second kappa shape index (κ2) is 5.80. The zero-order chi connectivity index (χ0) is 14.7. The molecule has 6 nitrogen and oxygen atoms in total. The van der Waals surface area contributed by atoms with E-state index in [0.717, 1.165) is 17.5 Å². The summed E-state index contributed by atoms with van der Waals surface area (Å²) in [4.78, 5) is 12.7. The molecule has 3 aromatic rings. The van der Waals surface area contributed by atoms with Gasteiger partial charge in [-0.05, 0) is 43.1 Å². The van der Waals surface area contributed by atoms with E-state index in [2.05, 4.69) is 20.1 Å². The Balaban J connectivity index is 1.85. The SMILES string of the molecule is Cc1cnc(-c2noc(-c3ccc(CCN)cc3)n2)nc1. The van der Waals surface area contributed by atoms with Crippen LogP contribution in [0.25, 0.3) is 23.1 Å². The van der Waals surface area contributed by atoms with Crippen LogP contribution in [0.4, 0.5) is 0 Å². The van der Waals surface area contributed by atoms with E-state index in [0.29, 0.717) is 24.1 Å². The van der Waals surface area contributed by atoms with E-state index in [1.165, 1.54) is 5.56 Å². The molecule has 3 rings (SSSR count). The number of rotatable bonds is 4. The van der Waals surface area contributed by atoms with Crippen LogP contribution >= 0.6 is 0 Å². The number of nitrogens with zero attached hydrogens (tertiary/aromatic N) is 4. The van der Waals surface area contributed by atoms with Crippen LogP contribution in [0, 0.1) is 6.92 Å². The Hall–Kier alpha value is -2.60. The van der Waals surface area contributed by atoms with Crippen LogP contribution in [-0.2, 0) is 6.42 Å². The minimum atomic E-state index is 0.385. The van der Waals surface area contributed by atoms with Crippen LogP contribution in [0.1, 0.15) is 11.1 Å². The van der Waals surface area contributed by atoms with Crippen molar-refractivity contribution in [1.29, 1.82) is 0 Å². The van der Waals surface area contributed by atoms with E-state index >= 15 is 0 Å². The highest BCUT2D eigenvalue weighted by Gasteiger charge is 2.12. The summed E-state index contributed by atoms with van der Waals surface area (Å²) in [5, 5.41) is 3.92. The molecule has 2 aromatic heterocycles. The van der Waals surface area contributed by atoms with Gasteiger partial charge >= 0.3 is 0 Å². The zero-order valence-electron chi connectivity index (χ0n) is 11.7. The molecule has 0 saturated heterocycles. The van der Waals surface area contributed by atoms with E-state index in [4.69, 9.17) is 10.3 Å². The lowest BCUT2D eigenvalue weighted by atomic mass is 10.1. The van der Waals surface area contributed by atoms with Crippen molar-refractivity contribution in [3.8, 4) is 23.1 Å². The van der Waals surface area contributed by atoms with Gasteiger partial charge in [-0.1, -0.05) is 17.3 Å². The fraction of sp³-hybridized carbons (Fsp3) is 0.200. The molecule has 2 N–H and O–H groups in total. The number of benzene rings is 1. The summed E-state index contributed by atoms with van der Waals surface area (Å²) in [6.45, 7) is 2.56. The highest BCUT2D eigenvalue weighted by molar-refractivity contribution is 5.56. The highest BCUT2D eigenvalue weighted by atomic mass is 16.5. The van der Waals surface area contributed by atoms with Gasteiger partial charge in [-0.2, -0.15) is 4.98 Å². The quantitative estimate of drug-likeness (QED) is 0.786. The Labute approximate surface area is 122 Å². The number of hydrogen-bond acceptors (Lipinski definition) is 6. The molecule has 6 heteroatoms. The maximum absolute atomic E-state index is 5.53. The third-order valence-corrected chi connectivity index (χ3v) is 3.04. The first-order valence-electron chi connectivity index (χ1n) is 6.68. The Kier molecular flexibility index (Phi) is 3.70. The van der Waals surface area contributed by atoms with Crippen LogP contribution < -0.4 is 5.73 Å². The van der Waals surface area contributed by atoms with E-state index in [-0.39, 0.29) is 0 Å². The lowest BCUT2D eigenvalue weighted by Crippen LogP contribution is -2.02. The van der Waals surface area contributed by atoms with Gasteiger partial charge in [-0.15, -0.1) is 0 Å². The zero-order valence-corrected chi connectivity index (χ0v) is 11.7. The molecule has 0 atom stereocenters. The molecule has 0 spiro atoms. The molecule has 0 aliphatic carbocycles. The van der Waals surface area contributed by atoms with Crippen molar-refractivity contribution in [2.24, 2.45) is 5.73 Å². The van der Waals surface area contributed by atoms with E-state index in [1.54, 1.807) is 12.4 Å². The molecule has 0 unspecified atom stereocenters. The summed E-state index contributed by atoms with van der Waals surface area (Å²) in [5.41, 5.74) is 8.56. The van der Waals surface area contributed by atoms with Crippen LogP contribution in [0.15, 0.2) is 41.2 Å². The molecule has 21 heavy (non-hydrogen) atoms. The maximum Gasteiger partial charge on any atom is 0.258 e. The number of aromatic nitrogens is 4. The molecule has 0 amide bonds. The summed E-state index contributed by atoms with van der Waals surface area (Å²) >= 11 is 0. The smallest absolute Gasteiger partial charge is 0.258 e. The second-order valence-electron chi connectivity index (χ2n) is 4.74. The van der Waals surface area contributed by atoms with Crippen LogP contribution in [0.3, 0.4) is 0 Å². The lowest BCUT2D eigenvalue weighted by Gasteiger charge is -1.99. The first-order chi connectivity index (χ1) is 10.3. The van der Waals surface area contributed by atoms with E-state index in [1.807, 2.05) is 31.2 Å². The third-order valence-electron chi connectivity index (χ3n) is 3.04. The van der Waals surface area contributed by atoms with Crippen molar-refractivity contribution in [1.82, 2.24) is 20.1 Å². The second-order valence-corrected chi connectivity index (χ2v) is 4.74.